The van der Waals surface area contributed by atoms with Crippen LogP contribution >= 0.6 is 11.8 Å². The van der Waals surface area contributed by atoms with Gasteiger partial charge in [0.25, 0.3) is 5.24 Å². The summed E-state index contributed by atoms with van der Waals surface area (Å²) in [6, 6.07) is 0. The molecule has 0 aromatic carbocycles. The normalized spacial score (nSPS) is 11.5. The lowest BCUT2D eigenvalue weighted by atomic mass is 10.0. The first-order valence-electron chi connectivity index (χ1n) is 17.9. The van der Waals surface area contributed by atoms with E-state index in [1.54, 1.807) is 4.90 Å². The van der Waals surface area contributed by atoms with Gasteiger partial charge in [0.15, 0.2) is 0 Å². The number of hydrogen-bond acceptors (Lipinski definition) is 7. The summed E-state index contributed by atoms with van der Waals surface area (Å²) in [5.41, 5.74) is 0. The second-order valence-electron chi connectivity index (χ2n) is 12.3. The lowest BCUT2D eigenvalue weighted by Crippen LogP contribution is -2.36. The predicted molar refractivity (Wildman–Crippen MR) is 187 cm³/mol. The highest BCUT2D eigenvalue weighted by atomic mass is 32.2. The maximum absolute atomic E-state index is 13.1. The third-order valence-corrected chi connectivity index (χ3v) is 8.65. The minimum Gasteiger partial charge on any atom is -0.461 e. The van der Waals surface area contributed by atoms with Gasteiger partial charge in [0, 0.05) is 18.7 Å². The van der Waals surface area contributed by atoms with Crippen LogP contribution in [0, 0.1) is 0 Å². The van der Waals surface area contributed by atoms with Crippen molar-refractivity contribution in [1.29, 1.82) is 0 Å². The number of esters is 2. The Morgan fingerprint density at radius 1 is 0.682 bits per heavy atom. The molecular weight excluding hydrogens is 572 g/mol. The largest absolute Gasteiger partial charge is 0.461 e. The first kappa shape index (κ1) is 42.5. The van der Waals surface area contributed by atoms with Crippen molar-refractivity contribution in [2.24, 2.45) is 0 Å². The second kappa shape index (κ2) is 31.4. The van der Waals surface area contributed by atoms with E-state index in [1.165, 1.54) is 69.5 Å². The molecule has 0 saturated heterocycles. The van der Waals surface area contributed by atoms with Crippen molar-refractivity contribution in [1.82, 2.24) is 9.80 Å². The number of carbonyl (C=O) groups excluding carboxylic acids is 3. The van der Waals surface area contributed by atoms with Crippen LogP contribution in [0.5, 0.6) is 0 Å². The van der Waals surface area contributed by atoms with Gasteiger partial charge in [-0.1, -0.05) is 115 Å². The van der Waals surface area contributed by atoms with E-state index in [2.05, 4.69) is 31.7 Å². The lowest BCUT2D eigenvalue weighted by Gasteiger charge is -2.24. The molecule has 0 aromatic rings. The van der Waals surface area contributed by atoms with Crippen LogP contribution in [0.15, 0.2) is 12.2 Å². The average molecular weight is 641 g/mol. The van der Waals surface area contributed by atoms with Crippen molar-refractivity contribution in [2.45, 2.75) is 155 Å². The molecule has 0 aliphatic heterocycles. The summed E-state index contributed by atoms with van der Waals surface area (Å²) in [5, 5.41) is -0.129. The molecule has 0 N–H and O–H groups in total. The van der Waals surface area contributed by atoms with E-state index in [0.717, 1.165) is 64.3 Å². The smallest absolute Gasteiger partial charge is 0.325 e. The van der Waals surface area contributed by atoms with Crippen LogP contribution in [-0.4, -0.2) is 79.2 Å². The van der Waals surface area contributed by atoms with Gasteiger partial charge >= 0.3 is 11.9 Å². The number of amides is 1. The Balaban J connectivity index is 4.92. The molecule has 7 nitrogen and oxygen atoms in total. The van der Waals surface area contributed by atoms with Gasteiger partial charge in [-0.15, -0.1) is 0 Å². The number of rotatable bonds is 30. The first-order valence-corrected chi connectivity index (χ1v) is 18.9. The molecule has 0 aliphatic rings. The lowest BCUT2D eigenvalue weighted by molar-refractivity contribution is -0.150. The fraction of sp³-hybridized carbons (Fsp3) is 0.861. The monoisotopic (exact) mass is 640 g/mol. The summed E-state index contributed by atoms with van der Waals surface area (Å²) in [4.78, 5) is 42.2. The zero-order chi connectivity index (χ0) is 32.7. The van der Waals surface area contributed by atoms with Gasteiger partial charge in [-0.25, -0.2) is 0 Å². The molecule has 0 heterocycles. The van der Waals surface area contributed by atoms with Crippen molar-refractivity contribution in [3.8, 4) is 0 Å². The summed E-state index contributed by atoms with van der Waals surface area (Å²) in [6.07, 6.45) is 24.9. The Kier molecular flexibility index (Phi) is 30.3. The van der Waals surface area contributed by atoms with Crippen molar-refractivity contribution in [3.05, 3.63) is 12.2 Å². The Bertz CT molecular complexity index is 717. The van der Waals surface area contributed by atoms with Crippen molar-refractivity contribution in [3.63, 3.8) is 0 Å². The van der Waals surface area contributed by atoms with Gasteiger partial charge in [-0.2, -0.15) is 0 Å². The number of carbonyl (C=O) groups is 3. The topological polar surface area (TPSA) is 76.1 Å². The molecule has 0 bridgehead atoms. The zero-order valence-electron chi connectivity index (χ0n) is 29.3. The average Bonchev–Trinajstić information content (AvgIpc) is 2.99. The van der Waals surface area contributed by atoms with Crippen molar-refractivity contribution < 1.29 is 23.9 Å². The predicted octanol–water partition coefficient (Wildman–Crippen LogP) is 9.58. The third kappa shape index (κ3) is 28.0. The van der Waals surface area contributed by atoms with Gasteiger partial charge in [-0.3, -0.25) is 14.4 Å². The summed E-state index contributed by atoms with van der Waals surface area (Å²) >= 11 is 1.24. The van der Waals surface area contributed by atoms with Crippen LogP contribution in [0.1, 0.15) is 149 Å². The summed E-state index contributed by atoms with van der Waals surface area (Å²) in [7, 11) is 4.03. The molecule has 0 unspecified atom stereocenters. The van der Waals surface area contributed by atoms with E-state index in [1.807, 2.05) is 20.2 Å². The van der Waals surface area contributed by atoms with Crippen molar-refractivity contribution >= 4 is 28.9 Å². The third-order valence-electron chi connectivity index (χ3n) is 7.65. The van der Waals surface area contributed by atoms with Gasteiger partial charge in [0.1, 0.15) is 19.3 Å². The number of hydrogen-bond donors (Lipinski definition) is 0. The molecule has 1 amide bonds. The first-order chi connectivity index (χ1) is 21.3. The minimum atomic E-state index is -0.342. The van der Waals surface area contributed by atoms with Gasteiger partial charge < -0.3 is 19.3 Å². The van der Waals surface area contributed by atoms with Crippen LogP contribution in [0.3, 0.4) is 0 Å². The molecular formula is C36H68N2O5S. The molecule has 0 atom stereocenters. The van der Waals surface area contributed by atoms with E-state index >= 15 is 0 Å². The Labute approximate surface area is 275 Å². The van der Waals surface area contributed by atoms with E-state index in [9.17, 15) is 14.4 Å². The zero-order valence-corrected chi connectivity index (χ0v) is 30.1. The summed E-state index contributed by atoms with van der Waals surface area (Å²) in [6.45, 7) is 8.07. The van der Waals surface area contributed by atoms with Crippen LogP contribution in [0.25, 0.3) is 0 Å². The fourth-order valence-corrected chi connectivity index (χ4v) is 5.75. The molecule has 0 aromatic heterocycles. The number of ether oxygens (including phenoxy) is 2. The Morgan fingerprint density at radius 3 is 1.86 bits per heavy atom. The van der Waals surface area contributed by atoms with E-state index < -0.39 is 0 Å². The highest BCUT2D eigenvalue weighted by Gasteiger charge is 2.21. The minimum absolute atomic E-state index is 0.0719. The van der Waals surface area contributed by atoms with Gasteiger partial charge in [-0.05, 0) is 72.0 Å². The Hall–Kier alpha value is -1.54. The molecule has 44 heavy (non-hydrogen) atoms. The SMILES string of the molecule is CCCCCC/C=C\COC(=O)CCCN(CC(=O)OC(CCCCCCC)CCCCCCC)C(=O)SCCCN(C)C. The Morgan fingerprint density at radius 2 is 1.27 bits per heavy atom. The fourth-order valence-electron chi connectivity index (χ4n) is 4.96. The number of thioether (sulfide) groups is 1. The summed E-state index contributed by atoms with van der Waals surface area (Å²) in [5.74, 6) is 0.0690. The molecule has 0 radical (unpaired) electrons. The molecule has 0 fully saturated rings. The molecule has 258 valence electrons. The van der Waals surface area contributed by atoms with Gasteiger partial charge in [0.05, 0.1) is 0 Å². The van der Waals surface area contributed by atoms with Crippen molar-refractivity contribution in [2.75, 3.05) is 46.1 Å². The molecule has 0 rings (SSSR count). The quantitative estimate of drug-likeness (QED) is 0.0440. The maximum atomic E-state index is 13.1. The highest BCUT2D eigenvalue weighted by Crippen LogP contribution is 2.18. The van der Waals surface area contributed by atoms with E-state index in [4.69, 9.17) is 9.47 Å². The molecule has 0 spiro atoms. The van der Waals surface area contributed by atoms with E-state index in [0.29, 0.717) is 18.7 Å². The van der Waals surface area contributed by atoms with Crippen LogP contribution in [-0.2, 0) is 19.1 Å². The highest BCUT2D eigenvalue weighted by molar-refractivity contribution is 8.13. The second-order valence-corrected chi connectivity index (χ2v) is 13.4. The molecule has 0 saturated carbocycles. The number of allylic oxidation sites excluding steroid dienone is 1. The molecule has 0 aliphatic carbocycles. The van der Waals surface area contributed by atoms with Gasteiger partial charge in [0.2, 0.25) is 0 Å². The standard InChI is InChI=1S/C36H68N2O5S/c1-6-9-12-15-16-19-22-30-42-34(39)27-23-29-38(36(41)44-31-24-28-37(4)5)32-35(40)43-33(25-20-17-13-10-7-2)26-21-18-14-11-8-3/h19,22,33H,6-18,20-21,23-32H2,1-5H3/b22-19-. The van der Waals surface area contributed by atoms with Crippen LogP contribution < -0.4 is 0 Å². The van der Waals surface area contributed by atoms with E-state index in [-0.39, 0.29) is 42.9 Å². The maximum Gasteiger partial charge on any atom is 0.325 e. The summed E-state index contributed by atoms with van der Waals surface area (Å²) < 4.78 is 11.3. The molecule has 8 heteroatoms. The van der Waals surface area contributed by atoms with Crippen LogP contribution in [0.2, 0.25) is 0 Å². The van der Waals surface area contributed by atoms with Crippen LogP contribution in [0.4, 0.5) is 4.79 Å². The number of nitrogens with zero attached hydrogens (tertiary/aromatic N) is 2. The number of unbranched alkanes of at least 4 members (excludes halogenated alkanes) is 12.